The van der Waals surface area contributed by atoms with Gasteiger partial charge in [0, 0.05) is 12.6 Å². The van der Waals surface area contributed by atoms with Gasteiger partial charge in [0.15, 0.2) is 0 Å². The van der Waals surface area contributed by atoms with Gasteiger partial charge in [-0.05, 0) is 46.6 Å². The van der Waals surface area contributed by atoms with Crippen molar-refractivity contribution in [3.8, 4) is 0 Å². The van der Waals surface area contributed by atoms with Gasteiger partial charge in [-0.3, -0.25) is 9.69 Å². The highest BCUT2D eigenvalue weighted by Crippen LogP contribution is 2.21. The van der Waals surface area contributed by atoms with E-state index in [1.54, 1.807) is 0 Å². The summed E-state index contributed by atoms with van der Waals surface area (Å²) in [6.45, 7) is 9.42. The average molecular weight is 228 g/mol. The third-order valence-corrected chi connectivity index (χ3v) is 3.30. The van der Waals surface area contributed by atoms with Crippen LogP contribution in [0.25, 0.3) is 0 Å². The lowest BCUT2D eigenvalue weighted by Crippen LogP contribution is -2.46. The van der Waals surface area contributed by atoms with Crippen molar-refractivity contribution >= 4 is 5.91 Å². The summed E-state index contributed by atoms with van der Waals surface area (Å²) in [5, 5.41) is 12.4. The van der Waals surface area contributed by atoms with Crippen molar-refractivity contribution in [2.45, 2.75) is 52.3 Å². The maximum absolute atomic E-state index is 11.8. The molecule has 94 valence electrons. The first-order chi connectivity index (χ1) is 7.41. The number of carbonyl (C=O) groups excluding carboxylic acids is 1. The zero-order chi connectivity index (χ0) is 12.3. The minimum Gasteiger partial charge on any atom is -0.393 e. The second-order valence-corrected chi connectivity index (χ2v) is 5.12. The van der Waals surface area contributed by atoms with E-state index in [-0.39, 0.29) is 24.1 Å². The molecule has 0 aliphatic carbocycles. The fraction of sp³-hybridized carbons (Fsp3) is 0.917. The number of nitrogens with zero attached hydrogens (tertiary/aromatic N) is 1. The Kier molecular flexibility index (Phi) is 4.74. The van der Waals surface area contributed by atoms with Crippen LogP contribution in [0.4, 0.5) is 0 Å². The van der Waals surface area contributed by atoms with Gasteiger partial charge in [0.1, 0.15) is 0 Å². The van der Waals surface area contributed by atoms with Crippen molar-refractivity contribution in [1.29, 1.82) is 0 Å². The van der Waals surface area contributed by atoms with Crippen LogP contribution in [0.1, 0.15) is 34.1 Å². The highest BCUT2D eigenvalue weighted by atomic mass is 16.3. The zero-order valence-electron chi connectivity index (χ0n) is 10.7. The third-order valence-electron chi connectivity index (χ3n) is 3.30. The standard InChI is InChI=1S/C12H24N2O2/c1-8(2)13-12(16)9(3)14-6-5-11(7-14)10(4)15/h8-11,15H,5-7H2,1-4H3,(H,13,16). The van der Waals surface area contributed by atoms with E-state index in [4.69, 9.17) is 0 Å². The van der Waals surface area contributed by atoms with Gasteiger partial charge < -0.3 is 10.4 Å². The molecule has 1 saturated heterocycles. The lowest BCUT2D eigenvalue weighted by atomic mass is 10.0. The van der Waals surface area contributed by atoms with Crippen molar-refractivity contribution in [1.82, 2.24) is 10.2 Å². The van der Waals surface area contributed by atoms with Crippen LogP contribution in [-0.4, -0.2) is 47.2 Å². The molecular formula is C12H24N2O2. The minimum atomic E-state index is -0.273. The van der Waals surface area contributed by atoms with E-state index >= 15 is 0 Å². The molecular weight excluding hydrogens is 204 g/mol. The number of amides is 1. The SMILES string of the molecule is CC(C)NC(=O)C(C)N1CCC(C(C)O)C1. The summed E-state index contributed by atoms with van der Waals surface area (Å²) in [5.74, 6) is 0.399. The van der Waals surface area contributed by atoms with E-state index in [1.807, 2.05) is 27.7 Å². The fourth-order valence-corrected chi connectivity index (χ4v) is 2.13. The van der Waals surface area contributed by atoms with E-state index in [9.17, 15) is 9.90 Å². The highest BCUT2D eigenvalue weighted by Gasteiger charge is 2.31. The molecule has 4 nitrogen and oxygen atoms in total. The number of nitrogens with one attached hydrogen (secondary N) is 1. The molecule has 1 fully saturated rings. The molecule has 3 atom stereocenters. The molecule has 1 amide bonds. The van der Waals surface area contributed by atoms with Crippen LogP contribution in [0.3, 0.4) is 0 Å². The number of hydrogen-bond donors (Lipinski definition) is 2. The topological polar surface area (TPSA) is 52.6 Å². The minimum absolute atomic E-state index is 0.0845. The maximum Gasteiger partial charge on any atom is 0.237 e. The molecule has 0 aromatic carbocycles. The first-order valence-electron chi connectivity index (χ1n) is 6.14. The molecule has 0 aromatic rings. The van der Waals surface area contributed by atoms with Crippen molar-refractivity contribution in [3.05, 3.63) is 0 Å². The van der Waals surface area contributed by atoms with Gasteiger partial charge in [0.2, 0.25) is 5.91 Å². The van der Waals surface area contributed by atoms with Crippen LogP contribution >= 0.6 is 0 Å². The Labute approximate surface area is 98.0 Å². The van der Waals surface area contributed by atoms with E-state index in [0.29, 0.717) is 5.92 Å². The van der Waals surface area contributed by atoms with E-state index in [0.717, 1.165) is 19.5 Å². The predicted molar refractivity (Wildman–Crippen MR) is 64.1 cm³/mol. The smallest absolute Gasteiger partial charge is 0.237 e. The van der Waals surface area contributed by atoms with E-state index < -0.39 is 0 Å². The Hall–Kier alpha value is -0.610. The van der Waals surface area contributed by atoms with E-state index in [1.165, 1.54) is 0 Å². The van der Waals surface area contributed by atoms with Crippen LogP contribution in [0.5, 0.6) is 0 Å². The molecule has 0 radical (unpaired) electrons. The Morgan fingerprint density at radius 3 is 2.44 bits per heavy atom. The van der Waals surface area contributed by atoms with Gasteiger partial charge >= 0.3 is 0 Å². The Morgan fingerprint density at radius 1 is 1.38 bits per heavy atom. The molecule has 0 bridgehead atoms. The molecule has 1 aliphatic heterocycles. The van der Waals surface area contributed by atoms with Crippen molar-refractivity contribution < 1.29 is 9.90 Å². The lowest BCUT2D eigenvalue weighted by Gasteiger charge is -2.24. The molecule has 3 unspecified atom stereocenters. The summed E-state index contributed by atoms with van der Waals surface area (Å²) in [6, 6.07) is 0.0938. The number of aliphatic hydroxyl groups excluding tert-OH is 1. The second-order valence-electron chi connectivity index (χ2n) is 5.12. The Morgan fingerprint density at radius 2 is 2.00 bits per heavy atom. The summed E-state index contributed by atoms with van der Waals surface area (Å²) in [7, 11) is 0. The fourth-order valence-electron chi connectivity index (χ4n) is 2.13. The van der Waals surface area contributed by atoms with Crippen LogP contribution in [0.2, 0.25) is 0 Å². The van der Waals surface area contributed by atoms with Gasteiger partial charge in [0.05, 0.1) is 12.1 Å². The van der Waals surface area contributed by atoms with Gasteiger partial charge in [0.25, 0.3) is 0 Å². The summed E-state index contributed by atoms with van der Waals surface area (Å²) in [4.78, 5) is 13.9. The normalized spacial score (nSPS) is 25.8. The maximum atomic E-state index is 11.8. The number of likely N-dealkylation sites (tertiary alicyclic amines) is 1. The molecule has 1 heterocycles. The van der Waals surface area contributed by atoms with Gasteiger partial charge in [-0.15, -0.1) is 0 Å². The Balaban J connectivity index is 2.44. The molecule has 4 heteroatoms. The first kappa shape index (κ1) is 13.5. The molecule has 0 aromatic heterocycles. The van der Waals surface area contributed by atoms with Crippen LogP contribution in [0.15, 0.2) is 0 Å². The number of hydrogen-bond acceptors (Lipinski definition) is 3. The van der Waals surface area contributed by atoms with Gasteiger partial charge in [-0.25, -0.2) is 0 Å². The zero-order valence-corrected chi connectivity index (χ0v) is 10.7. The molecule has 1 aliphatic rings. The Bertz CT molecular complexity index is 241. The first-order valence-corrected chi connectivity index (χ1v) is 6.14. The lowest BCUT2D eigenvalue weighted by molar-refractivity contribution is -0.126. The number of aliphatic hydroxyl groups is 1. The van der Waals surface area contributed by atoms with Crippen molar-refractivity contribution in [3.63, 3.8) is 0 Å². The summed E-state index contributed by atoms with van der Waals surface area (Å²) < 4.78 is 0. The molecule has 0 saturated carbocycles. The summed E-state index contributed by atoms with van der Waals surface area (Å²) in [6.07, 6.45) is 0.710. The van der Waals surface area contributed by atoms with Gasteiger partial charge in [-0.1, -0.05) is 0 Å². The second kappa shape index (κ2) is 5.64. The number of rotatable bonds is 4. The van der Waals surface area contributed by atoms with Crippen LogP contribution < -0.4 is 5.32 Å². The quantitative estimate of drug-likeness (QED) is 0.741. The summed E-state index contributed by atoms with van der Waals surface area (Å²) >= 11 is 0. The average Bonchev–Trinajstić information content (AvgIpc) is 2.64. The van der Waals surface area contributed by atoms with Crippen LogP contribution in [-0.2, 0) is 4.79 Å². The monoisotopic (exact) mass is 228 g/mol. The molecule has 0 spiro atoms. The third kappa shape index (κ3) is 3.46. The van der Waals surface area contributed by atoms with Crippen molar-refractivity contribution in [2.24, 2.45) is 5.92 Å². The van der Waals surface area contributed by atoms with Gasteiger partial charge in [-0.2, -0.15) is 0 Å². The largest absolute Gasteiger partial charge is 0.393 e. The predicted octanol–water partition coefficient (Wildman–Crippen LogP) is 0.602. The highest BCUT2D eigenvalue weighted by molar-refractivity contribution is 5.81. The molecule has 1 rings (SSSR count). The molecule has 16 heavy (non-hydrogen) atoms. The van der Waals surface area contributed by atoms with Crippen LogP contribution in [0, 0.1) is 5.92 Å². The number of carbonyl (C=O) groups is 1. The van der Waals surface area contributed by atoms with E-state index in [2.05, 4.69) is 10.2 Å². The molecule has 2 N–H and O–H groups in total. The van der Waals surface area contributed by atoms with Crippen molar-refractivity contribution in [2.75, 3.05) is 13.1 Å². The summed E-state index contributed by atoms with van der Waals surface area (Å²) in [5.41, 5.74) is 0.